The predicted molar refractivity (Wildman–Crippen MR) is 140 cm³/mol. The molecule has 0 N–H and O–H groups in total. The summed E-state index contributed by atoms with van der Waals surface area (Å²) in [5.74, 6) is 0. The number of aryl methyl sites for hydroxylation is 2. The maximum absolute atomic E-state index is 10.4. The molecular formula is C29H41NO3S. The minimum Gasteiger partial charge on any atom is -0.744 e. The second kappa shape index (κ2) is 16.2. The van der Waals surface area contributed by atoms with Crippen LogP contribution in [-0.2, 0) is 16.7 Å². The van der Waals surface area contributed by atoms with Crippen molar-refractivity contribution in [2.75, 3.05) is 0 Å². The van der Waals surface area contributed by atoms with E-state index >= 15 is 0 Å². The van der Waals surface area contributed by atoms with E-state index in [2.05, 4.69) is 81.1 Å². The molecule has 0 aliphatic carbocycles. The lowest BCUT2D eigenvalue weighted by molar-refractivity contribution is -0.697. The molecule has 0 saturated carbocycles. The standard InChI is InChI=1S/C22H34N.C7H8O3S/c1-20(2)12-10-14-22(4)16-11-15-21(3)13-6-9-19-23-17-7-5-8-18-23;1-6-2-4-7(5-3-6)11(8,9)10/h5,7-8,12-13,16-18H,6,9-11,14-15,19H2,1-4H3;2-5H,1H3,(H,8,9,10)/q+1;/p-1/b21-13+,22-16+;. The topological polar surface area (TPSA) is 61.1 Å². The smallest absolute Gasteiger partial charge is 0.168 e. The predicted octanol–water partition coefficient (Wildman–Crippen LogP) is 7.07. The number of hydrogen-bond acceptors (Lipinski definition) is 3. The van der Waals surface area contributed by atoms with E-state index in [1.807, 2.05) is 6.92 Å². The third-order valence-electron chi connectivity index (χ3n) is 5.32. The Kier molecular flexibility index (Phi) is 14.1. The summed E-state index contributed by atoms with van der Waals surface area (Å²) in [6, 6.07) is 12.0. The Bertz CT molecular complexity index is 1030. The lowest BCUT2D eigenvalue weighted by Crippen LogP contribution is -2.31. The molecule has 1 aromatic carbocycles. The lowest BCUT2D eigenvalue weighted by Gasteiger charge is -2.05. The molecule has 4 nitrogen and oxygen atoms in total. The van der Waals surface area contributed by atoms with Gasteiger partial charge < -0.3 is 4.55 Å². The summed E-state index contributed by atoms with van der Waals surface area (Å²) in [5.41, 5.74) is 5.40. The van der Waals surface area contributed by atoms with E-state index < -0.39 is 10.1 Å². The maximum atomic E-state index is 10.4. The molecule has 1 heterocycles. The second-order valence-electron chi connectivity index (χ2n) is 8.98. The summed E-state index contributed by atoms with van der Waals surface area (Å²) in [5, 5.41) is 0. The molecule has 186 valence electrons. The van der Waals surface area contributed by atoms with Crippen molar-refractivity contribution in [1.29, 1.82) is 0 Å². The Morgan fingerprint density at radius 3 is 1.88 bits per heavy atom. The molecule has 0 unspecified atom stereocenters. The number of allylic oxidation sites excluding steroid dienone is 6. The van der Waals surface area contributed by atoms with Crippen molar-refractivity contribution in [3.8, 4) is 0 Å². The van der Waals surface area contributed by atoms with Gasteiger partial charge in [0.1, 0.15) is 16.7 Å². The highest BCUT2D eigenvalue weighted by Crippen LogP contribution is 2.12. The highest BCUT2D eigenvalue weighted by Gasteiger charge is 1.98. The first-order valence-corrected chi connectivity index (χ1v) is 13.4. The van der Waals surface area contributed by atoms with E-state index in [0.717, 1.165) is 12.1 Å². The van der Waals surface area contributed by atoms with Gasteiger partial charge >= 0.3 is 0 Å². The van der Waals surface area contributed by atoms with Crippen molar-refractivity contribution in [3.63, 3.8) is 0 Å². The SMILES string of the molecule is CC(C)=CCC/C(C)=C/CC/C(C)=C/CCC[n+]1ccccc1.Cc1ccc(S(=O)(=O)[O-])cc1. The summed E-state index contributed by atoms with van der Waals surface area (Å²) in [7, 11) is -4.27. The number of unbranched alkanes of at least 4 members (excludes halogenated alkanes) is 1. The summed E-state index contributed by atoms with van der Waals surface area (Å²) >= 11 is 0. The van der Waals surface area contributed by atoms with Crippen molar-refractivity contribution >= 4 is 10.1 Å². The van der Waals surface area contributed by atoms with E-state index in [0.29, 0.717) is 0 Å². The van der Waals surface area contributed by atoms with Gasteiger partial charge in [0.25, 0.3) is 0 Å². The zero-order valence-corrected chi connectivity index (χ0v) is 22.3. The van der Waals surface area contributed by atoms with E-state index in [1.54, 1.807) is 12.1 Å². The zero-order chi connectivity index (χ0) is 25.4. The Labute approximate surface area is 207 Å². The molecule has 34 heavy (non-hydrogen) atoms. The van der Waals surface area contributed by atoms with Crippen LogP contribution in [0.4, 0.5) is 0 Å². The molecule has 0 radical (unpaired) electrons. The van der Waals surface area contributed by atoms with Gasteiger partial charge in [-0.15, -0.1) is 0 Å². The summed E-state index contributed by atoms with van der Waals surface area (Å²) in [6.07, 6.45) is 18.6. The van der Waals surface area contributed by atoms with Gasteiger partial charge in [0, 0.05) is 18.6 Å². The van der Waals surface area contributed by atoms with E-state index in [-0.39, 0.29) is 4.90 Å². The van der Waals surface area contributed by atoms with Crippen LogP contribution >= 0.6 is 0 Å². The number of rotatable bonds is 11. The van der Waals surface area contributed by atoms with Crippen LogP contribution in [0.25, 0.3) is 0 Å². The number of benzene rings is 1. The van der Waals surface area contributed by atoms with Crippen molar-refractivity contribution in [1.82, 2.24) is 0 Å². The van der Waals surface area contributed by atoms with Crippen LogP contribution < -0.4 is 4.57 Å². The third-order valence-corrected chi connectivity index (χ3v) is 6.17. The average Bonchev–Trinajstić information content (AvgIpc) is 2.77. The van der Waals surface area contributed by atoms with Crippen LogP contribution in [0.1, 0.15) is 71.8 Å². The van der Waals surface area contributed by atoms with Crippen LogP contribution in [0.5, 0.6) is 0 Å². The molecule has 0 aliphatic heterocycles. The first-order valence-electron chi connectivity index (χ1n) is 12.0. The fraction of sp³-hybridized carbons (Fsp3) is 0.414. The molecule has 2 aromatic rings. The summed E-state index contributed by atoms with van der Waals surface area (Å²) in [4.78, 5) is -0.178. The Balaban J connectivity index is 0.000000437. The van der Waals surface area contributed by atoms with Gasteiger partial charge in [-0.3, -0.25) is 0 Å². The lowest BCUT2D eigenvalue weighted by atomic mass is 10.1. The van der Waals surface area contributed by atoms with Gasteiger partial charge in [0.2, 0.25) is 0 Å². The first-order chi connectivity index (χ1) is 16.1. The van der Waals surface area contributed by atoms with Gasteiger partial charge in [-0.1, -0.05) is 58.7 Å². The van der Waals surface area contributed by atoms with Crippen molar-refractivity contribution in [3.05, 3.63) is 95.4 Å². The Hall–Kier alpha value is -2.50. The quantitative estimate of drug-likeness (QED) is 0.149. The molecule has 0 aliphatic rings. The molecule has 0 bridgehead atoms. The Morgan fingerprint density at radius 2 is 1.35 bits per heavy atom. The van der Waals surface area contributed by atoms with Gasteiger partial charge in [0.15, 0.2) is 12.4 Å². The molecule has 0 fully saturated rings. The fourth-order valence-electron chi connectivity index (χ4n) is 3.25. The van der Waals surface area contributed by atoms with Crippen molar-refractivity contribution < 1.29 is 17.5 Å². The van der Waals surface area contributed by atoms with Gasteiger partial charge in [-0.25, -0.2) is 13.0 Å². The minimum absolute atomic E-state index is 0.178. The van der Waals surface area contributed by atoms with Crippen LogP contribution in [0, 0.1) is 6.92 Å². The molecule has 2 rings (SSSR count). The van der Waals surface area contributed by atoms with Crippen molar-refractivity contribution in [2.45, 2.75) is 84.6 Å². The van der Waals surface area contributed by atoms with Crippen LogP contribution in [0.3, 0.4) is 0 Å². The van der Waals surface area contributed by atoms with E-state index in [1.165, 1.54) is 67.4 Å². The number of hydrogen-bond donors (Lipinski definition) is 0. The zero-order valence-electron chi connectivity index (χ0n) is 21.5. The fourth-order valence-corrected chi connectivity index (χ4v) is 3.72. The second-order valence-corrected chi connectivity index (χ2v) is 10.4. The molecule has 0 saturated heterocycles. The van der Waals surface area contributed by atoms with Crippen LogP contribution in [0.15, 0.2) is 94.7 Å². The highest BCUT2D eigenvalue weighted by molar-refractivity contribution is 7.85. The monoisotopic (exact) mass is 483 g/mol. The minimum atomic E-state index is -4.27. The van der Waals surface area contributed by atoms with Crippen LogP contribution in [-0.4, -0.2) is 13.0 Å². The molecule has 0 amide bonds. The normalized spacial score (nSPS) is 12.1. The number of aromatic nitrogens is 1. The molecule has 0 atom stereocenters. The summed E-state index contributed by atoms with van der Waals surface area (Å²) in [6.45, 7) is 11.8. The van der Waals surface area contributed by atoms with Gasteiger partial charge in [0.05, 0.1) is 4.90 Å². The third kappa shape index (κ3) is 14.6. The largest absolute Gasteiger partial charge is 0.744 e. The Morgan fingerprint density at radius 1 is 0.824 bits per heavy atom. The summed E-state index contributed by atoms with van der Waals surface area (Å²) < 4.78 is 33.4. The molecular weight excluding hydrogens is 442 g/mol. The first kappa shape index (κ1) is 29.5. The molecule has 5 heteroatoms. The maximum Gasteiger partial charge on any atom is 0.168 e. The number of nitrogens with zero attached hydrogens (tertiary/aromatic N) is 1. The van der Waals surface area contributed by atoms with Crippen molar-refractivity contribution in [2.24, 2.45) is 0 Å². The molecule has 0 spiro atoms. The highest BCUT2D eigenvalue weighted by atomic mass is 32.2. The average molecular weight is 484 g/mol. The van der Waals surface area contributed by atoms with Crippen LogP contribution in [0.2, 0.25) is 0 Å². The van der Waals surface area contributed by atoms with Gasteiger partial charge in [-0.05, 0) is 78.9 Å². The van der Waals surface area contributed by atoms with E-state index in [4.69, 9.17) is 0 Å². The van der Waals surface area contributed by atoms with E-state index in [9.17, 15) is 13.0 Å². The number of pyridine rings is 1. The van der Waals surface area contributed by atoms with Gasteiger partial charge in [-0.2, -0.15) is 0 Å². The molecule has 1 aromatic heterocycles.